The van der Waals surface area contributed by atoms with Gasteiger partial charge in [-0.05, 0) is 25.0 Å². The van der Waals surface area contributed by atoms with Crippen LogP contribution in [-0.4, -0.2) is 6.21 Å². The summed E-state index contributed by atoms with van der Waals surface area (Å²) in [5, 5.41) is 0. The maximum absolute atomic E-state index is 4.02. The zero-order valence-corrected chi connectivity index (χ0v) is 10.7. The topological polar surface area (TPSA) is 12.4 Å². The van der Waals surface area contributed by atoms with Gasteiger partial charge in [-0.1, -0.05) is 56.3 Å². The molecule has 0 spiro atoms. The zero-order chi connectivity index (χ0) is 12.4. The van der Waals surface area contributed by atoms with Crippen LogP contribution in [-0.2, 0) is 0 Å². The second-order valence-electron chi connectivity index (χ2n) is 3.07. The monoisotopic (exact) mass is 215 g/mol. The Kier molecular flexibility index (Phi) is 7.78. The van der Waals surface area contributed by atoms with E-state index in [0.29, 0.717) is 0 Å². The van der Waals surface area contributed by atoms with Crippen LogP contribution >= 0.6 is 0 Å². The Hall–Kier alpha value is -1.63. The van der Waals surface area contributed by atoms with E-state index < -0.39 is 0 Å². The van der Waals surface area contributed by atoms with Crippen LogP contribution < -0.4 is 0 Å². The summed E-state index contributed by atoms with van der Waals surface area (Å²) in [7, 11) is 0. The largest absolute Gasteiger partial charge is 0.265 e. The van der Waals surface area contributed by atoms with Gasteiger partial charge in [-0.2, -0.15) is 0 Å². The van der Waals surface area contributed by atoms with Crippen molar-refractivity contribution in [2.75, 3.05) is 0 Å². The second-order valence-corrected chi connectivity index (χ2v) is 3.07. The Morgan fingerprint density at radius 2 is 2.00 bits per heavy atom. The summed E-state index contributed by atoms with van der Waals surface area (Å²) < 4.78 is 0. The molecule has 0 aliphatic rings. The molecule has 16 heavy (non-hydrogen) atoms. The third kappa shape index (κ3) is 4.74. The summed E-state index contributed by atoms with van der Waals surface area (Å²) >= 11 is 0. The SMILES string of the molecule is C=CN=C/C(=C\C)c1cccc(C)c1.CC. The lowest BCUT2D eigenvalue weighted by molar-refractivity contribution is 1.45. The molecule has 0 aromatic heterocycles. The van der Waals surface area contributed by atoms with Crippen molar-refractivity contribution in [3.63, 3.8) is 0 Å². The standard InChI is InChI=1S/C13H15N.C2H6/c1-4-12(10-14-5-2)13-8-6-7-11(3)9-13;1-2/h4-10H,2H2,1,3H3;1-2H3/b12-4+,14-10?;. The highest BCUT2D eigenvalue weighted by molar-refractivity contribution is 6.09. The van der Waals surface area contributed by atoms with E-state index in [2.05, 4.69) is 42.8 Å². The van der Waals surface area contributed by atoms with Crippen molar-refractivity contribution in [3.05, 3.63) is 54.2 Å². The molecule has 1 aromatic rings. The van der Waals surface area contributed by atoms with E-state index in [4.69, 9.17) is 0 Å². The third-order valence-corrected chi connectivity index (χ3v) is 1.98. The van der Waals surface area contributed by atoms with Crippen molar-refractivity contribution in [2.45, 2.75) is 27.7 Å². The van der Waals surface area contributed by atoms with Gasteiger partial charge in [-0.15, -0.1) is 0 Å². The molecule has 0 fully saturated rings. The summed E-state index contributed by atoms with van der Waals surface area (Å²) in [6, 6.07) is 8.36. The minimum atomic E-state index is 1.12. The van der Waals surface area contributed by atoms with Crippen LogP contribution in [0.3, 0.4) is 0 Å². The minimum Gasteiger partial charge on any atom is -0.265 e. The van der Waals surface area contributed by atoms with Crippen molar-refractivity contribution in [2.24, 2.45) is 4.99 Å². The Morgan fingerprint density at radius 3 is 2.50 bits per heavy atom. The van der Waals surface area contributed by atoms with Crippen molar-refractivity contribution in [3.8, 4) is 0 Å². The average molecular weight is 215 g/mol. The average Bonchev–Trinajstić information content (AvgIpc) is 2.33. The van der Waals surface area contributed by atoms with Gasteiger partial charge < -0.3 is 0 Å². The molecule has 86 valence electrons. The predicted molar refractivity (Wildman–Crippen MR) is 74.9 cm³/mol. The first kappa shape index (κ1) is 14.4. The fourth-order valence-electron chi connectivity index (χ4n) is 1.27. The maximum atomic E-state index is 4.02. The molecule has 0 saturated heterocycles. The van der Waals surface area contributed by atoms with E-state index in [1.54, 1.807) is 6.20 Å². The zero-order valence-electron chi connectivity index (χ0n) is 10.7. The number of allylic oxidation sites excluding steroid dienone is 2. The molecule has 0 unspecified atom stereocenters. The van der Waals surface area contributed by atoms with Gasteiger partial charge in [-0.25, -0.2) is 0 Å². The quantitative estimate of drug-likeness (QED) is 0.651. The summed E-state index contributed by atoms with van der Waals surface area (Å²) in [5.41, 5.74) is 3.57. The molecule has 0 atom stereocenters. The molecule has 1 heteroatoms. The minimum absolute atomic E-state index is 1.12. The van der Waals surface area contributed by atoms with E-state index in [-0.39, 0.29) is 0 Å². The summed E-state index contributed by atoms with van der Waals surface area (Å²) in [4.78, 5) is 4.02. The van der Waals surface area contributed by atoms with E-state index in [1.807, 2.05) is 33.1 Å². The molecule has 0 radical (unpaired) electrons. The maximum Gasteiger partial charge on any atom is 0.0342 e. The molecule has 0 N–H and O–H groups in total. The predicted octanol–water partition coefficient (Wildman–Crippen LogP) is 4.64. The highest BCUT2D eigenvalue weighted by Crippen LogP contribution is 2.13. The van der Waals surface area contributed by atoms with Gasteiger partial charge in [0.05, 0.1) is 0 Å². The lowest BCUT2D eigenvalue weighted by Gasteiger charge is -2.01. The number of benzene rings is 1. The first-order chi connectivity index (χ1) is 7.77. The normalized spacial score (nSPS) is 10.9. The molecule has 0 aliphatic carbocycles. The Labute approximate surface area is 99.2 Å². The highest BCUT2D eigenvalue weighted by atomic mass is 14.7. The number of hydrogen-bond acceptors (Lipinski definition) is 1. The lowest BCUT2D eigenvalue weighted by atomic mass is 10.0. The van der Waals surface area contributed by atoms with Gasteiger partial charge in [0, 0.05) is 12.4 Å². The fraction of sp³-hybridized carbons (Fsp3) is 0.267. The number of rotatable bonds is 3. The lowest BCUT2D eigenvalue weighted by Crippen LogP contribution is -1.86. The van der Waals surface area contributed by atoms with Gasteiger partial charge in [0.25, 0.3) is 0 Å². The van der Waals surface area contributed by atoms with Gasteiger partial charge in [-0.3, -0.25) is 4.99 Å². The van der Waals surface area contributed by atoms with Gasteiger partial charge in [0.15, 0.2) is 0 Å². The van der Waals surface area contributed by atoms with Crippen LogP contribution in [0, 0.1) is 6.92 Å². The van der Waals surface area contributed by atoms with Crippen LogP contribution in [0.25, 0.3) is 5.57 Å². The number of hydrogen-bond donors (Lipinski definition) is 0. The number of aryl methyl sites for hydroxylation is 1. The summed E-state index contributed by atoms with van der Waals surface area (Å²) in [6.45, 7) is 11.6. The number of nitrogens with zero attached hydrogens (tertiary/aromatic N) is 1. The van der Waals surface area contributed by atoms with Crippen LogP contribution in [0.1, 0.15) is 31.9 Å². The third-order valence-electron chi connectivity index (χ3n) is 1.98. The van der Waals surface area contributed by atoms with Crippen LogP contribution in [0.2, 0.25) is 0 Å². The molecule has 1 rings (SSSR count). The van der Waals surface area contributed by atoms with Crippen molar-refractivity contribution >= 4 is 11.8 Å². The van der Waals surface area contributed by atoms with Gasteiger partial charge in [0.1, 0.15) is 0 Å². The Morgan fingerprint density at radius 1 is 1.31 bits per heavy atom. The van der Waals surface area contributed by atoms with Crippen LogP contribution in [0.5, 0.6) is 0 Å². The van der Waals surface area contributed by atoms with E-state index in [1.165, 1.54) is 11.1 Å². The Bertz CT molecular complexity index is 373. The van der Waals surface area contributed by atoms with E-state index >= 15 is 0 Å². The molecule has 0 heterocycles. The molecule has 0 bridgehead atoms. The number of aliphatic imine (C=N–C) groups is 1. The second kappa shape index (κ2) is 8.66. The van der Waals surface area contributed by atoms with Gasteiger partial charge >= 0.3 is 0 Å². The molecule has 0 amide bonds. The van der Waals surface area contributed by atoms with Crippen molar-refractivity contribution in [1.29, 1.82) is 0 Å². The Balaban J connectivity index is 0.00000106. The van der Waals surface area contributed by atoms with Crippen molar-refractivity contribution in [1.82, 2.24) is 0 Å². The molecule has 1 nitrogen and oxygen atoms in total. The van der Waals surface area contributed by atoms with Crippen molar-refractivity contribution < 1.29 is 0 Å². The van der Waals surface area contributed by atoms with Crippen LogP contribution in [0.15, 0.2) is 48.1 Å². The van der Waals surface area contributed by atoms with Crippen LogP contribution in [0.4, 0.5) is 0 Å². The van der Waals surface area contributed by atoms with Gasteiger partial charge in [0.2, 0.25) is 0 Å². The van der Waals surface area contributed by atoms with E-state index in [0.717, 1.165) is 5.57 Å². The molecular weight excluding hydrogens is 194 g/mol. The molecule has 1 aromatic carbocycles. The molecule has 0 saturated carbocycles. The first-order valence-electron chi connectivity index (χ1n) is 5.65. The highest BCUT2D eigenvalue weighted by Gasteiger charge is 1.96. The molecule has 0 aliphatic heterocycles. The summed E-state index contributed by atoms with van der Waals surface area (Å²) in [5.74, 6) is 0. The first-order valence-corrected chi connectivity index (χ1v) is 5.65. The van der Waals surface area contributed by atoms with E-state index in [9.17, 15) is 0 Å². The molecular formula is C15H21N. The fourth-order valence-corrected chi connectivity index (χ4v) is 1.27. The summed E-state index contributed by atoms with van der Waals surface area (Å²) in [6.07, 6.45) is 5.41. The smallest absolute Gasteiger partial charge is 0.0342 e.